The Kier molecular flexibility index (Phi) is 6.60. The number of benzene rings is 2. The van der Waals surface area contributed by atoms with Crippen LogP contribution in [-0.4, -0.2) is 30.9 Å². The van der Waals surface area contributed by atoms with Crippen molar-refractivity contribution in [2.75, 3.05) is 25.3 Å². The summed E-state index contributed by atoms with van der Waals surface area (Å²) in [7, 11) is 3.20. The van der Waals surface area contributed by atoms with Gasteiger partial charge < -0.3 is 14.8 Å². The average molecular weight is 421 g/mol. The number of rotatable bonds is 7. The fraction of sp³-hybridized carbons (Fsp3) is 0.158. The number of carbonyl (C=O) groups is 1. The van der Waals surface area contributed by atoms with Crippen LogP contribution in [0.5, 0.6) is 11.5 Å². The van der Waals surface area contributed by atoms with Crippen molar-refractivity contribution in [3.8, 4) is 22.8 Å². The summed E-state index contributed by atoms with van der Waals surface area (Å²) >= 11 is 8.67. The molecule has 0 unspecified atom stereocenters. The van der Waals surface area contributed by atoms with Gasteiger partial charge in [0.15, 0.2) is 5.13 Å². The fourth-order valence-electron chi connectivity index (χ4n) is 2.30. The molecule has 27 heavy (non-hydrogen) atoms. The van der Waals surface area contributed by atoms with Gasteiger partial charge in [-0.25, -0.2) is 4.98 Å². The molecule has 3 aromatic rings. The van der Waals surface area contributed by atoms with Crippen LogP contribution in [0.2, 0.25) is 5.02 Å². The second-order valence-corrected chi connectivity index (χ2v) is 7.74. The van der Waals surface area contributed by atoms with Gasteiger partial charge in [0.25, 0.3) is 0 Å². The first kappa shape index (κ1) is 19.5. The van der Waals surface area contributed by atoms with Gasteiger partial charge in [0.1, 0.15) is 11.5 Å². The first-order chi connectivity index (χ1) is 13.1. The molecule has 3 rings (SSSR count). The minimum absolute atomic E-state index is 0.113. The summed E-state index contributed by atoms with van der Waals surface area (Å²) in [5.41, 5.74) is 1.57. The van der Waals surface area contributed by atoms with Crippen LogP contribution in [0, 0.1) is 0 Å². The molecule has 140 valence electrons. The standard InChI is InChI=1S/C19H17ClN2O3S2/c1-24-13-5-8-15(17(9-13)25-2)16-10-27-19(21-16)22-18(23)11-26-14-6-3-12(20)4-7-14/h3-10H,11H2,1-2H3,(H,21,22,23). The molecule has 1 N–H and O–H groups in total. The summed E-state index contributed by atoms with van der Waals surface area (Å²) in [4.78, 5) is 17.6. The van der Waals surface area contributed by atoms with E-state index in [-0.39, 0.29) is 5.91 Å². The topological polar surface area (TPSA) is 60.5 Å². The van der Waals surface area contributed by atoms with Gasteiger partial charge in [-0.1, -0.05) is 11.6 Å². The maximum absolute atomic E-state index is 12.2. The number of anilines is 1. The van der Waals surface area contributed by atoms with E-state index in [2.05, 4.69) is 10.3 Å². The van der Waals surface area contributed by atoms with E-state index in [1.54, 1.807) is 32.4 Å². The van der Waals surface area contributed by atoms with Crippen LogP contribution >= 0.6 is 34.7 Å². The van der Waals surface area contributed by atoms with Gasteiger partial charge in [-0.2, -0.15) is 0 Å². The zero-order chi connectivity index (χ0) is 19.2. The van der Waals surface area contributed by atoms with Crippen LogP contribution in [0.1, 0.15) is 0 Å². The predicted octanol–water partition coefficient (Wildman–Crippen LogP) is 5.21. The molecule has 0 aliphatic rings. The largest absolute Gasteiger partial charge is 0.497 e. The zero-order valence-corrected chi connectivity index (χ0v) is 17.1. The molecule has 0 bridgehead atoms. The predicted molar refractivity (Wildman–Crippen MR) is 111 cm³/mol. The Balaban J connectivity index is 1.63. The lowest BCUT2D eigenvalue weighted by molar-refractivity contribution is -0.113. The van der Waals surface area contributed by atoms with Crippen molar-refractivity contribution in [3.63, 3.8) is 0 Å². The van der Waals surface area contributed by atoms with Crippen molar-refractivity contribution in [1.82, 2.24) is 4.98 Å². The minimum atomic E-state index is -0.113. The number of nitrogens with one attached hydrogen (secondary N) is 1. The first-order valence-electron chi connectivity index (χ1n) is 7.95. The molecule has 1 amide bonds. The second-order valence-electron chi connectivity index (χ2n) is 5.39. The molecule has 0 aliphatic heterocycles. The number of carbonyl (C=O) groups excluding carboxylic acids is 1. The van der Waals surface area contributed by atoms with E-state index in [0.717, 1.165) is 16.2 Å². The lowest BCUT2D eigenvalue weighted by Crippen LogP contribution is -2.13. The number of halogens is 1. The van der Waals surface area contributed by atoms with E-state index in [1.165, 1.54) is 23.1 Å². The molecule has 5 nitrogen and oxygen atoms in total. The molecular formula is C19H17ClN2O3S2. The third kappa shape index (κ3) is 5.15. The summed E-state index contributed by atoms with van der Waals surface area (Å²) in [6.07, 6.45) is 0. The Labute approximate surface area is 170 Å². The molecule has 0 atom stereocenters. The van der Waals surface area contributed by atoms with Crippen LogP contribution in [0.4, 0.5) is 5.13 Å². The quantitative estimate of drug-likeness (QED) is 0.531. The van der Waals surface area contributed by atoms with E-state index >= 15 is 0 Å². The molecule has 0 aliphatic carbocycles. The van der Waals surface area contributed by atoms with Gasteiger partial charge in [0.2, 0.25) is 5.91 Å². The Bertz CT molecular complexity index is 929. The normalized spacial score (nSPS) is 10.5. The van der Waals surface area contributed by atoms with Gasteiger partial charge in [0, 0.05) is 26.9 Å². The van der Waals surface area contributed by atoms with Gasteiger partial charge >= 0.3 is 0 Å². The highest BCUT2D eigenvalue weighted by molar-refractivity contribution is 8.00. The second kappa shape index (κ2) is 9.12. The van der Waals surface area contributed by atoms with E-state index in [9.17, 15) is 4.79 Å². The number of nitrogens with zero attached hydrogens (tertiary/aromatic N) is 1. The zero-order valence-electron chi connectivity index (χ0n) is 14.7. The van der Waals surface area contributed by atoms with Gasteiger partial charge in [-0.05, 0) is 36.4 Å². The molecule has 1 heterocycles. The first-order valence-corrected chi connectivity index (χ1v) is 10.2. The van der Waals surface area contributed by atoms with Crippen LogP contribution in [0.25, 0.3) is 11.3 Å². The van der Waals surface area contributed by atoms with Crippen LogP contribution in [-0.2, 0) is 4.79 Å². The van der Waals surface area contributed by atoms with Crippen molar-refractivity contribution in [3.05, 3.63) is 52.9 Å². The monoisotopic (exact) mass is 420 g/mol. The van der Waals surface area contributed by atoms with Gasteiger partial charge in [0.05, 0.1) is 25.7 Å². The molecule has 8 heteroatoms. The van der Waals surface area contributed by atoms with Crippen molar-refractivity contribution in [2.45, 2.75) is 4.90 Å². The Hall–Kier alpha value is -2.22. The smallest absolute Gasteiger partial charge is 0.236 e. The highest BCUT2D eigenvalue weighted by atomic mass is 35.5. The molecule has 0 saturated carbocycles. The number of thioether (sulfide) groups is 1. The molecule has 2 aromatic carbocycles. The van der Waals surface area contributed by atoms with Crippen LogP contribution in [0.15, 0.2) is 52.7 Å². The van der Waals surface area contributed by atoms with E-state index in [1.807, 2.05) is 29.6 Å². The van der Waals surface area contributed by atoms with E-state index in [4.69, 9.17) is 21.1 Å². The third-order valence-corrected chi connectivity index (χ3v) is 5.64. The van der Waals surface area contributed by atoms with Gasteiger partial charge in [-0.3, -0.25) is 4.79 Å². The molecule has 1 aromatic heterocycles. The lowest BCUT2D eigenvalue weighted by Gasteiger charge is -2.08. The number of methoxy groups -OCH3 is 2. The number of ether oxygens (including phenoxy) is 2. The fourth-order valence-corrected chi connectivity index (χ4v) is 3.85. The van der Waals surface area contributed by atoms with Crippen molar-refractivity contribution < 1.29 is 14.3 Å². The summed E-state index contributed by atoms with van der Waals surface area (Å²) < 4.78 is 10.6. The van der Waals surface area contributed by atoms with E-state index < -0.39 is 0 Å². The number of hydrogen-bond donors (Lipinski definition) is 1. The van der Waals surface area contributed by atoms with E-state index in [0.29, 0.717) is 27.4 Å². The number of amides is 1. The van der Waals surface area contributed by atoms with Gasteiger partial charge in [-0.15, -0.1) is 23.1 Å². The molecule has 0 spiro atoms. The average Bonchev–Trinajstić information content (AvgIpc) is 3.15. The summed E-state index contributed by atoms with van der Waals surface area (Å²) in [5, 5.41) is 5.93. The third-order valence-electron chi connectivity index (χ3n) is 3.62. The molecule has 0 fully saturated rings. The highest BCUT2D eigenvalue weighted by Gasteiger charge is 2.13. The van der Waals surface area contributed by atoms with Crippen molar-refractivity contribution >= 4 is 45.7 Å². The number of thiazole rings is 1. The Morgan fingerprint density at radius 3 is 2.67 bits per heavy atom. The summed E-state index contributed by atoms with van der Waals surface area (Å²) in [5.74, 6) is 1.55. The molecule has 0 saturated heterocycles. The number of aromatic nitrogens is 1. The van der Waals surface area contributed by atoms with Crippen molar-refractivity contribution in [2.24, 2.45) is 0 Å². The lowest BCUT2D eigenvalue weighted by atomic mass is 10.1. The summed E-state index contributed by atoms with van der Waals surface area (Å²) in [6, 6.07) is 12.9. The maximum atomic E-state index is 12.2. The Morgan fingerprint density at radius 2 is 1.96 bits per heavy atom. The summed E-state index contributed by atoms with van der Waals surface area (Å²) in [6.45, 7) is 0. The molecular weight excluding hydrogens is 404 g/mol. The number of hydrogen-bond acceptors (Lipinski definition) is 6. The van der Waals surface area contributed by atoms with Crippen LogP contribution in [0.3, 0.4) is 0 Å². The van der Waals surface area contributed by atoms with Crippen LogP contribution < -0.4 is 14.8 Å². The van der Waals surface area contributed by atoms with Crippen molar-refractivity contribution in [1.29, 1.82) is 0 Å². The molecule has 0 radical (unpaired) electrons. The minimum Gasteiger partial charge on any atom is -0.497 e. The highest BCUT2D eigenvalue weighted by Crippen LogP contribution is 2.34. The maximum Gasteiger partial charge on any atom is 0.236 e. The SMILES string of the molecule is COc1ccc(-c2csc(NC(=O)CSc3ccc(Cl)cc3)n2)c(OC)c1. The Morgan fingerprint density at radius 1 is 1.19 bits per heavy atom.